The van der Waals surface area contributed by atoms with Gasteiger partial charge in [0.15, 0.2) is 0 Å². The van der Waals surface area contributed by atoms with Gasteiger partial charge in [0, 0.05) is 61.3 Å². The van der Waals surface area contributed by atoms with Crippen LogP contribution in [0.2, 0.25) is 0 Å². The Morgan fingerprint density at radius 2 is 1.25 bits per heavy atom. The Labute approximate surface area is 386 Å². The predicted octanol–water partition coefficient (Wildman–Crippen LogP) is 15.6. The van der Waals surface area contributed by atoms with Crippen molar-refractivity contribution in [3.05, 3.63) is 174 Å². The number of pyridine rings is 1. The molecule has 2 aromatic heterocycles. The summed E-state index contributed by atoms with van der Waals surface area (Å²) in [5.74, 6) is 2.26. The molecule has 0 atom stereocenters. The third-order valence-corrected chi connectivity index (χ3v) is 12.0. The predicted molar refractivity (Wildman–Crippen MR) is 255 cm³/mol. The maximum atomic E-state index is 14.0. The van der Waals surface area contributed by atoms with Crippen molar-refractivity contribution in [2.75, 3.05) is 9.80 Å². The molecule has 324 valence electrons. The molecule has 0 saturated heterocycles. The number of ether oxygens (including phenoxy) is 1. The zero-order valence-corrected chi connectivity index (χ0v) is 40.0. The van der Waals surface area contributed by atoms with Gasteiger partial charge in [0.05, 0.1) is 0 Å². The van der Waals surface area contributed by atoms with Crippen molar-refractivity contribution >= 4 is 44.6 Å². The van der Waals surface area contributed by atoms with E-state index in [9.17, 15) is 4.39 Å². The Bertz CT molecular complexity index is 2940. The van der Waals surface area contributed by atoms with Crippen molar-refractivity contribution in [2.45, 2.75) is 91.9 Å². The first-order chi connectivity index (χ1) is 29.5. The van der Waals surface area contributed by atoms with E-state index in [2.05, 4.69) is 193 Å². The van der Waals surface area contributed by atoms with Crippen LogP contribution in [-0.4, -0.2) is 9.55 Å². The van der Waals surface area contributed by atoms with E-state index < -0.39 is 0 Å². The van der Waals surface area contributed by atoms with Gasteiger partial charge in [0.1, 0.15) is 11.6 Å². The van der Waals surface area contributed by atoms with Crippen molar-refractivity contribution in [3.8, 4) is 28.4 Å². The van der Waals surface area contributed by atoms with Crippen molar-refractivity contribution in [3.63, 3.8) is 0 Å². The number of anilines is 4. The fourth-order valence-corrected chi connectivity index (χ4v) is 8.57. The van der Waals surface area contributed by atoms with E-state index in [0.29, 0.717) is 11.5 Å². The molecule has 0 amide bonds. The number of fused-ring (bicyclic) bond motifs is 4. The minimum absolute atomic E-state index is 0. The van der Waals surface area contributed by atoms with Crippen LogP contribution >= 0.6 is 0 Å². The molecular weight excluding hydrogens is 959 g/mol. The monoisotopic (exact) mass is 1010 g/mol. The molecule has 63 heavy (non-hydrogen) atoms. The Balaban J connectivity index is 0.00000544. The molecule has 0 radical (unpaired) electrons. The summed E-state index contributed by atoms with van der Waals surface area (Å²) < 4.78 is 23.0. The molecule has 7 heteroatoms. The summed E-state index contributed by atoms with van der Waals surface area (Å²) in [6.45, 7) is 24.5. The van der Waals surface area contributed by atoms with Crippen LogP contribution in [0, 0.1) is 24.6 Å². The molecule has 0 N–H and O–H groups in total. The number of para-hydroxylation sites is 3. The second kappa shape index (κ2) is 16.8. The van der Waals surface area contributed by atoms with E-state index in [0.717, 1.165) is 61.4 Å². The van der Waals surface area contributed by atoms with Gasteiger partial charge in [-0.1, -0.05) is 117 Å². The van der Waals surface area contributed by atoms with Gasteiger partial charge in [-0.05, 0) is 110 Å². The largest absolute Gasteiger partial charge is 0.509 e. The van der Waals surface area contributed by atoms with Crippen molar-refractivity contribution in [2.24, 2.45) is 0 Å². The molecule has 1 aliphatic heterocycles. The first-order valence-corrected chi connectivity index (χ1v) is 21.7. The number of nitrogens with zero attached hydrogens (tertiary/aromatic N) is 4. The second-order valence-corrected chi connectivity index (χ2v) is 19.2. The Kier molecular flexibility index (Phi) is 11.7. The van der Waals surface area contributed by atoms with Crippen LogP contribution in [0.5, 0.6) is 11.5 Å². The van der Waals surface area contributed by atoms with E-state index in [1.807, 2.05) is 24.4 Å². The molecule has 0 spiro atoms. The van der Waals surface area contributed by atoms with Crippen LogP contribution in [0.15, 0.2) is 128 Å². The molecule has 1 aliphatic rings. The molecule has 0 bridgehead atoms. The molecular formula is C56H54FN4OPt-3. The molecule has 9 rings (SSSR count). The van der Waals surface area contributed by atoms with E-state index >= 15 is 0 Å². The quantitative estimate of drug-likeness (QED) is 0.142. The Morgan fingerprint density at radius 1 is 0.619 bits per heavy atom. The summed E-state index contributed by atoms with van der Waals surface area (Å²) in [4.78, 5) is 9.45. The van der Waals surface area contributed by atoms with Crippen LogP contribution in [0.3, 0.4) is 0 Å². The third kappa shape index (κ3) is 8.31. The summed E-state index contributed by atoms with van der Waals surface area (Å²) >= 11 is 0. The average Bonchev–Trinajstić information content (AvgIpc) is 3.79. The molecule has 8 aromatic rings. The first kappa shape index (κ1) is 43.9. The topological polar surface area (TPSA) is 33.5 Å². The number of rotatable bonds is 8. The van der Waals surface area contributed by atoms with Gasteiger partial charge in [-0.25, -0.2) is 9.37 Å². The zero-order chi connectivity index (χ0) is 43.7. The maximum absolute atomic E-state index is 14.0. The molecule has 6 aromatic carbocycles. The van der Waals surface area contributed by atoms with Crippen LogP contribution in [0.25, 0.3) is 38.8 Å². The van der Waals surface area contributed by atoms with Gasteiger partial charge in [0.2, 0.25) is 0 Å². The summed E-state index contributed by atoms with van der Waals surface area (Å²) in [5.41, 5.74) is 12.8. The standard InChI is InChI=1S/C56H54FN4O.Pt/c1-35(2)47-27-38(37-19-21-41(57)22-20-37)28-48(36(3)4)54(47)60-34-59(50-17-13-14-18-51(50)60)42-29-40(56(8,9)10)30-44(32-42)62-43-23-24-46-45-15-11-12-16-49(45)61(52(46)33-43)53-31-39(25-26-58-53)55(5,6)7;/h11-31,34-36H,1-10H3;/q-3;. The third-order valence-electron chi connectivity index (χ3n) is 12.0. The van der Waals surface area contributed by atoms with Gasteiger partial charge in [-0.15, -0.1) is 53.6 Å². The van der Waals surface area contributed by atoms with E-state index in [1.165, 1.54) is 34.5 Å². The maximum Gasteiger partial charge on any atom is 0.135 e. The normalized spacial score (nSPS) is 13.0. The van der Waals surface area contributed by atoms with Gasteiger partial charge < -0.3 is 19.1 Å². The SMILES string of the molecule is CC(C)c1cc(-c2ccc(F)cc2)cc(C(C)C)c1N1[CH-]N(c2[c-]c(Oc3[c-]c4c(cc3)c3ccccc3n4-c3cc(C(C)(C)C)ccn3)cc(C(C)(C)C)c2)c2ccccc21.[Pt]. The van der Waals surface area contributed by atoms with Crippen LogP contribution in [-0.2, 0) is 31.9 Å². The minimum atomic E-state index is -0.235. The number of hydrogen-bond donors (Lipinski definition) is 0. The first-order valence-electron chi connectivity index (χ1n) is 21.7. The number of halogens is 1. The van der Waals surface area contributed by atoms with E-state index in [-0.39, 0.29) is 49.5 Å². The number of aromatic nitrogens is 2. The number of benzene rings is 6. The van der Waals surface area contributed by atoms with Gasteiger partial charge in [-0.2, -0.15) is 6.07 Å². The van der Waals surface area contributed by atoms with Crippen LogP contribution < -0.4 is 14.5 Å². The summed E-state index contributed by atoms with van der Waals surface area (Å²) in [5, 5.41) is 2.22. The zero-order valence-electron chi connectivity index (χ0n) is 37.7. The van der Waals surface area contributed by atoms with Gasteiger partial charge >= 0.3 is 0 Å². The van der Waals surface area contributed by atoms with Crippen LogP contribution in [0.1, 0.15) is 103 Å². The Hall–Kier alpha value is -5.71. The fraction of sp³-hybridized carbons (Fsp3) is 0.250. The van der Waals surface area contributed by atoms with Crippen molar-refractivity contribution in [1.29, 1.82) is 0 Å². The average molecular weight is 1010 g/mol. The smallest absolute Gasteiger partial charge is 0.135 e. The summed E-state index contributed by atoms with van der Waals surface area (Å²) in [7, 11) is 0. The minimum Gasteiger partial charge on any atom is -0.509 e. The summed E-state index contributed by atoms with van der Waals surface area (Å²) in [6.07, 6.45) is 1.90. The molecule has 0 unspecified atom stereocenters. The number of hydrogen-bond acceptors (Lipinski definition) is 4. The molecule has 0 fully saturated rings. The molecule has 0 saturated carbocycles. The Morgan fingerprint density at radius 3 is 1.90 bits per heavy atom. The van der Waals surface area contributed by atoms with Crippen LogP contribution in [0.4, 0.5) is 27.1 Å². The van der Waals surface area contributed by atoms with Gasteiger partial charge in [-0.3, -0.25) is 0 Å². The summed E-state index contributed by atoms with van der Waals surface area (Å²) in [6, 6.07) is 48.5. The second-order valence-electron chi connectivity index (χ2n) is 19.2. The molecule has 3 heterocycles. The van der Waals surface area contributed by atoms with E-state index in [1.54, 1.807) is 0 Å². The van der Waals surface area contributed by atoms with Crippen molar-refractivity contribution < 1.29 is 30.2 Å². The molecule has 5 nitrogen and oxygen atoms in total. The fourth-order valence-electron chi connectivity index (χ4n) is 8.57. The van der Waals surface area contributed by atoms with Gasteiger partial charge in [0.25, 0.3) is 0 Å². The molecule has 0 aliphatic carbocycles. The van der Waals surface area contributed by atoms with E-state index in [4.69, 9.17) is 9.72 Å². The van der Waals surface area contributed by atoms with Crippen molar-refractivity contribution in [1.82, 2.24) is 9.55 Å².